The van der Waals surface area contributed by atoms with Crippen molar-refractivity contribution in [2.75, 3.05) is 6.61 Å². The molecule has 0 saturated heterocycles. The molecule has 6 heteroatoms. The fraction of sp³-hybridized carbons (Fsp3) is 0.333. The van der Waals surface area contributed by atoms with Crippen LogP contribution in [0.15, 0.2) is 30.3 Å². The Morgan fingerprint density at radius 1 is 1.29 bits per heavy atom. The summed E-state index contributed by atoms with van der Waals surface area (Å²) in [6.45, 7) is -0.250. The van der Waals surface area contributed by atoms with Gasteiger partial charge in [0, 0.05) is 27.1 Å². The van der Waals surface area contributed by atoms with Crippen molar-refractivity contribution in [2.45, 2.75) is 31.7 Å². The molecule has 1 N–H and O–H groups in total. The van der Waals surface area contributed by atoms with Gasteiger partial charge in [-0.15, -0.1) is 11.3 Å². The fourth-order valence-corrected chi connectivity index (χ4v) is 4.21. The van der Waals surface area contributed by atoms with E-state index < -0.39 is 5.97 Å². The molecule has 1 aliphatic rings. The van der Waals surface area contributed by atoms with E-state index in [4.69, 9.17) is 16.3 Å². The van der Waals surface area contributed by atoms with Crippen LogP contribution in [0.2, 0.25) is 5.02 Å². The Morgan fingerprint density at radius 2 is 2.04 bits per heavy atom. The lowest BCUT2D eigenvalue weighted by Crippen LogP contribution is -2.35. The van der Waals surface area contributed by atoms with Gasteiger partial charge in [-0.1, -0.05) is 42.6 Å². The Labute approximate surface area is 149 Å². The van der Waals surface area contributed by atoms with E-state index in [1.165, 1.54) is 17.4 Å². The first kappa shape index (κ1) is 17.0. The molecule has 126 valence electrons. The molecular weight excluding hydrogens is 346 g/mol. The maximum Gasteiger partial charge on any atom is 0.331 e. The van der Waals surface area contributed by atoms with Crippen LogP contribution < -0.4 is 5.32 Å². The predicted molar refractivity (Wildman–Crippen MR) is 97.2 cm³/mol. The topological polar surface area (TPSA) is 55.4 Å². The first-order valence-corrected chi connectivity index (χ1v) is 9.14. The Bertz CT molecular complexity index is 778. The third-order valence-electron chi connectivity index (χ3n) is 4.00. The monoisotopic (exact) mass is 363 g/mol. The molecule has 3 rings (SSSR count). The number of ether oxygens (including phenoxy) is 1. The molecule has 1 amide bonds. The zero-order valence-electron chi connectivity index (χ0n) is 13.1. The summed E-state index contributed by atoms with van der Waals surface area (Å²) in [5.74, 6) is -0.798. The van der Waals surface area contributed by atoms with Crippen LogP contribution in [0.3, 0.4) is 0 Å². The number of benzene rings is 1. The average Bonchev–Trinajstić information content (AvgIpc) is 3.19. The van der Waals surface area contributed by atoms with Gasteiger partial charge < -0.3 is 10.1 Å². The molecule has 1 aromatic carbocycles. The molecule has 0 unspecified atom stereocenters. The summed E-state index contributed by atoms with van der Waals surface area (Å²) in [5.41, 5.74) is 0. The van der Waals surface area contributed by atoms with E-state index in [1.807, 2.05) is 24.3 Å². The number of carbonyl (C=O) groups excluding carboxylic acids is 2. The third-order valence-corrected chi connectivity index (χ3v) is 5.65. The molecular formula is C18H18ClNO3S. The second kappa shape index (κ2) is 7.81. The fourth-order valence-electron chi connectivity index (χ4n) is 2.81. The van der Waals surface area contributed by atoms with E-state index in [0.29, 0.717) is 5.02 Å². The van der Waals surface area contributed by atoms with Crippen LogP contribution in [0.4, 0.5) is 0 Å². The van der Waals surface area contributed by atoms with Crippen molar-refractivity contribution in [1.29, 1.82) is 0 Å². The van der Waals surface area contributed by atoms with Crippen molar-refractivity contribution < 1.29 is 14.3 Å². The largest absolute Gasteiger partial charge is 0.452 e. The van der Waals surface area contributed by atoms with Gasteiger partial charge in [-0.25, -0.2) is 4.79 Å². The van der Waals surface area contributed by atoms with E-state index >= 15 is 0 Å². The molecule has 1 aliphatic carbocycles. The van der Waals surface area contributed by atoms with Crippen molar-refractivity contribution in [3.8, 4) is 0 Å². The molecule has 0 spiro atoms. The highest BCUT2D eigenvalue weighted by Gasteiger charge is 2.17. The Kier molecular flexibility index (Phi) is 5.53. The van der Waals surface area contributed by atoms with Gasteiger partial charge in [0.05, 0.1) is 5.02 Å². The third kappa shape index (κ3) is 4.16. The number of fused-ring (bicyclic) bond motifs is 1. The summed E-state index contributed by atoms with van der Waals surface area (Å²) in [4.78, 5) is 24.3. The lowest BCUT2D eigenvalue weighted by Gasteiger charge is -2.11. The quantitative estimate of drug-likeness (QED) is 0.640. The van der Waals surface area contributed by atoms with Gasteiger partial charge in [-0.05, 0) is 25.0 Å². The van der Waals surface area contributed by atoms with Crippen molar-refractivity contribution in [1.82, 2.24) is 5.32 Å². The van der Waals surface area contributed by atoms with Crippen molar-refractivity contribution in [2.24, 2.45) is 0 Å². The van der Waals surface area contributed by atoms with Gasteiger partial charge in [0.25, 0.3) is 5.91 Å². The number of amides is 1. The van der Waals surface area contributed by atoms with Crippen LogP contribution >= 0.6 is 22.9 Å². The van der Waals surface area contributed by atoms with Crippen LogP contribution in [-0.4, -0.2) is 24.5 Å². The van der Waals surface area contributed by atoms with Crippen molar-refractivity contribution in [3.05, 3.63) is 40.2 Å². The predicted octanol–water partition coefficient (Wildman–Crippen LogP) is 4.17. The summed E-state index contributed by atoms with van der Waals surface area (Å²) in [6.07, 6.45) is 7.23. The van der Waals surface area contributed by atoms with Crippen LogP contribution in [-0.2, 0) is 14.3 Å². The van der Waals surface area contributed by atoms with Crippen LogP contribution in [0.5, 0.6) is 0 Å². The molecule has 0 bridgehead atoms. The van der Waals surface area contributed by atoms with Gasteiger partial charge in [0.2, 0.25) is 0 Å². The highest BCUT2D eigenvalue weighted by Crippen LogP contribution is 2.35. The minimum Gasteiger partial charge on any atom is -0.452 e. The molecule has 0 radical (unpaired) electrons. The summed E-state index contributed by atoms with van der Waals surface area (Å²) < 4.78 is 6.04. The molecule has 24 heavy (non-hydrogen) atoms. The maximum atomic E-state index is 11.8. The highest BCUT2D eigenvalue weighted by molar-refractivity contribution is 7.20. The second-order valence-corrected chi connectivity index (χ2v) is 7.23. The minimum absolute atomic E-state index is 0.226. The van der Waals surface area contributed by atoms with Gasteiger partial charge in [-0.3, -0.25) is 4.79 Å². The second-order valence-electron chi connectivity index (χ2n) is 5.77. The first-order valence-electron chi connectivity index (χ1n) is 7.95. The van der Waals surface area contributed by atoms with E-state index in [-0.39, 0.29) is 18.6 Å². The van der Waals surface area contributed by atoms with E-state index in [1.54, 1.807) is 6.08 Å². The maximum absolute atomic E-state index is 11.8. The van der Waals surface area contributed by atoms with Crippen LogP contribution in [0.25, 0.3) is 16.2 Å². The Balaban J connectivity index is 1.52. The summed E-state index contributed by atoms with van der Waals surface area (Å²) in [7, 11) is 0. The average molecular weight is 364 g/mol. The SMILES string of the molecule is O=C(COC(=O)/C=C/c1sc2ccccc2c1Cl)NC1CCCC1. The molecule has 1 fully saturated rings. The summed E-state index contributed by atoms with van der Waals surface area (Å²) in [5, 5.41) is 4.47. The molecule has 2 aromatic rings. The number of esters is 1. The molecule has 1 heterocycles. The number of rotatable bonds is 5. The van der Waals surface area contributed by atoms with Crippen molar-refractivity contribution in [3.63, 3.8) is 0 Å². The van der Waals surface area contributed by atoms with Gasteiger partial charge >= 0.3 is 5.97 Å². The number of thiophene rings is 1. The van der Waals surface area contributed by atoms with Crippen LogP contribution in [0, 0.1) is 0 Å². The van der Waals surface area contributed by atoms with Crippen molar-refractivity contribution >= 4 is 51.0 Å². The first-order chi connectivity index (χ1) is 11.6. The normalized spacial score (nSPS) is 15.2. The summed E-state index contributed by atoms with van der Waals surface area (Å²) >= 11 is 7.81. The summed E-state index contributed by atoms with van der Waals surface area (Å²) in [6, 6.07) is 8.02. The lowest BCUT2D eigenvalue weighted by atomic mass is 10.2. The molecule has 0 aliphatic heterocycles. The van der Waals surface area contributed by atoms with E-state index in [0.717, 1.165) is 40.6 Å². The lowest BCUT2D eigenvalue weighted by molar-refractivity contribution is -0.144. The van der Waals surface area contributed by atoms with Gasteiger partial charge in [-0.2, -0.15) is 0 Å². The van der Waals surface area contributed by atoms with E-state index in [2.05, 4.69) is 5.32 Å². The molecule has 1 saturated carbocycles. The number of halogens is 1. The number of carbonyl (C=O) groups is 2. The smallest absolute Gasteiger partial charge is 0.331 e. The molecule has 1 aromatic heterocycles. The number of hydrogen-bond acceptors (Lipinski definition) is 4. The Hall–Kier alpha value is -1.85. The Morgan fingerprint density at radius 3 is 2.79 bits per heavy atom. The number of hydrogen-bond donors (Lipinski definition) is 1. The van der Waals surface area contributed by atoms with Crippen LogP contribution in [0.1, 0.15) is 30.6 Å². The van der Waals surface area contributed by atoms with Gasteiger partial charge in [0.1, 0.15) is 0 Å². The molecule has 0 atom stereocenters. The van der Waals surface area contributed by atoms with E-state index in [9.17, 15) is 9.59 Å². The standard InChI is InChI=1S/C18H18ClNO3S/c19-18-13-7-3-4-8-14(13)24-15(18)9-10-17(22)23-11-16(21)20-12-5-1-2-6-12/h3-4,7-10,12H,1-2,5-6,11H2,(H,20,21)/b10-9+. The zero-order valence-corrected chi connectivity index (χ0v) is 14.7. The highest BCUT2D eigenvalue weighted by atomic mass is 35.5. The minimum atomic E-state index is -0.551. The molecule has 4 nitrogen and oxygen atoms in total. The van der Waals surface area contributed by atoms with Gasteiger partial charge in [0.15, 0.2) is 6.61 Å². The zero-order chi connectivity index (χ0) is 16.9. The number of nitrogens with one attached hydrogen (secondary N) is 1.